The Morgan fingerprint density at radius 3 is 1.33 bits per heavy atom. The molecule has 0 aliphatic rings. The fourth-order valence-electron chi connectivity index (χ4n) is 4.92. The average molecular weight is 685 g/mol. The summed E-state index contributed by atoms with van der Waals surface area (Å²) in [5, 5.41) is 30.2. The van der Waals surface area contributed by atoms with E-state index in [4.69, 9.17) is 29.3 Å². The Hall–Kier alpha value is -4.74. The van der Waals surface area contributed by atoms with E-state index < -0.39 is 11.9 Å². The van der Waals surface area contributed by atoms with Crippen molar-refractivity contribution in [3.63, 3.8) is 0 Å². The molecule has 0 fully saturated rings. The zero-order valence-electron chi connectivity index (χ0n) is 26.9. The highest BCUT2D eigenvalue weighted by atomic mass is 32.1. The average Bonchev–Trinajstić information content (AvgIpc) is 3.85. The van der Waals surface area contributed by atoms with Crippen LogP contribution < -0.4 is 20.1 Å². The molecule has 2 atom stereocenters. The van der Waals surface area contributed by atoms with E-state index in [1.165, 1.54) is 31.3 Å². The lowest BCUT2D eigenvalue weighted by Crippen LogP contribution is -2.15. The minimum atomic E-state index is -1.82. The number of fused-ring (bicyclic) bond motifs is 2. The van der Waals surface area contributed by atoms with Gasteiger partial charge in [0.1, 0.15) is 23.7 Å². The van der Waals surface area contributed by atoms with E-state index >= 15 is 0 Å². The SMILES string of the molecule is CNCC[C@H](Oc1cccc2ccccc12)c1cccs1.CNCC[C@H](Oc1cccc2ccccc12)c1cccs1.O=C(O)C(=O)O. The molecule has 2 aromatic heterocycles. The van der Waals surface area contributed by atoms with Crippen LogP contribution in [0, 0.1) is 0 Å². The predicted molar refractivity (Wildman–Crippen MR) is 196 cm³/mol. The summed E-state index contributed by atoms with van der Waals surface area (Å²) in [7, 11) is 3.95. The topological polar surface area (TPSA) is 117 Å². The van der Waals surface area contributed by atoms with Crippen molar-refractivity contribution in [3.05, 3.63) is 130 Å². The quantitative estimate of drug-likeness (QED) is 0.0950. The van der Waals surface area contributed by atoms with Gasteiger partial charge >= 0.3 is 11.9 Å². The summed E-state index contributed by atoms with van der Waals surface area (Å²) < 4.78 is 12.7. The maximum atomic E-state index is 9.10. The number of thiophene rings is 2. The van der Waals surface area contributed by atoms with Crippen LogP contribution in [0.1, 0.15) is 34.8 Å². The first-order valence-electron chi connectivity index (χ1n) is 15.5. The molecule has 48 heavy (non-hydrogen) atoms. The summed E-state index contributed by atoms with van der Waals surface area (Å²) in [4.78, 5) is 20.8. The van der Waals surface area contributed by atoms with Gasteiger partial charge in [-0.05, 0) is 73.0 Å². The van der Waals surface area contributed by atoms with Crippen molar-refractivity contribution >= 4 is 56.2 Å². The van der Waals surface area contributed by atoms with Crippen LogP contribution in [0.5, 0.6) is 11.5 Å². The number of nitrogens with one attached hydrogen (secondary N) is 2. The van der Waals surface area contributed by atoms with E-state index in [1.807, 2.05) is 14.1 Å². The number of carboxylic acids is 2. The molecule has 0 amide bonds. The van der Waals surface area contributed by atoms with Crippen LogP contribution in [-0.4, -0.2) is 49.3 Å². The van der Waals surface area contributed by atoms with E-state index in [2.05, 4.69) is 131 Å². The summed E-state index contributed by atoms with van der Waals surface area (Å²) in [5.41, 5.74) is 0. The van der Waals surface area contributed by atoms with E-state index in [1.54, 1.807) is 22.7 Å². The van der Waals surface area contributed by atoms with E-state index in [0.717, 1.165) is 37.4 Å². The minimum Gasteiger partial charge on any atom is -0.484 e. The molecule has 4 aromatic carbocycles. The molecule has 0 saturated carbocycles. The Morgan fingerprint density at radius 1 is 0.583 bits per heavy atom. The van der Waals surface area contributed by atoms with Gasteiger partial charge in [-0.2, -0.15) is 0 Å². The molecule has 2 heterocycles. The van der Waals surface area contributed by atoms with Crippen molar-refractivity contribution in [1.29, 1.82) is 0 Å². The van der Waals surface area contributed by atoms with Gasteiger partial charge in [0.05, 0.1) is 0 Å². The Labute approximate surface area is 288 Å². The standard InChI is InChI=1S/2C18H19NOS.C2H2O4/c2*1-19-12-11-17(18-10-5-13-21-18)20-16-9-4-7-14-6-2-3-8-15(14)16;3-1(4)2(5)6/h2*2-10,13,17,19H,11-12H2,1H3;(H,3,4)(H,5,6)/t2*17-;/m00./s1. The molecule has 0 unspecified atom stereocenters. The molecule has 10 heteroatoms. The highest BCUT2D eigenvalue weighted by molar-refractivity contribution is 7.10. The lowest BCUT2D eigenvalue weighted by Gasteiger charge is -2.19. The third-order valence-electron chi connectivity index (χ3n) is 7.25. The number of benzene rings is 4. The second-order valence-corrected chi connectivity index (χ2v) is 12.6. The van der Waals surface area contributed by atoms with Gasteiger partial charge in [0, 0.05) is 33.4 Å². The predicted octanol–water partition coefficient (Wildman–Crippen LogP) is 8.42. The lowest BCUT2D eigenvalue weighted by molar-refractivity contribution is -0.159. The first-order chi connectivity index (χ1) is 23.4. The molecule has 0 radical (unpaired) electrons. The molecule has 8 nitrogen and oxygen atoms in total. The first-order valence-corrected chi connectivity index (χ1v) is 17.3. The molecule has 0 aliphatic heterocycles. The molecule has 0 saturated heterocycles. The number of carboxylic acid groups (broad SMARTS) is 2. The van der Waals surface area contributed by atoms with Crippen LogP contribution in [0.4, 0.5) is 0 Å². The third-order valence-corrected chi connectivity index (χ3v) is 9.18. The number of ether oxygens (including phenoxy) is 2. The second kappa shape index (κ2) is 19.2. The molecule has 0 aliphatic carbocycles. The summed E-state index contributed by atoms with van der Waals surface area (Å²) in [6, 6.07) is 37.6. The number of rotatable bonds is 12. The zero-order valence-corrected chi connectivity index (χ0v) is 28.5. The molecule has 6 rings (SSSR count). The molecule has 6 aromatic rings. The first kappa shape index (κ1) is 36.1. The van der Waals surface area contributed by atoms with E-state index in [0.29, 0.717) is 0 Å². The molecular formula is C38H40N2O6S2. The number of hydrogen-bond acceptors (Lipinski definition) is 8. The van der Waals surface area contributed by atoms with Gasteiger partial charge in [-0.15, -0.1) is 22.7 Å². The van der Waals surface area contributed by atoms with Gasteiger partial charge in [0.25, 0.3) is 0 Å². The fraction of sp³-hybridized carbons (Fsp3) is 0.211. The summed E-state index contributed by atoms with van der Waals surface area (Å²) in [5.74, 6) is -1.73. The van der Waals surface area contributed by atoms with E-state index in [9.17, 15) is 0 Å². The van der Waals surface area contributed by atoms with Crippen molar-refractivity contribution in [2.75, 3.05) is 27.2 Å². The number of carbonyl (C=O) groups is 2. The van der Waals surface area contributed by atoms with Gasteiger partial charge < -0.3 is 30.3 Å². The summed E-state index contributed by atoms with van der Waals surface area (Å²) in [6.45, 7) is 1.88. The Balaban J connectivity index is 0.000000186. The van der Waals surface area contributed by atoms with Crippen molar-refractivity contribution in [2.45, 2.75) is 25.0 Å². The van der Waals surface area contributed by atoms with Crippen LogP contribution in [0.25, 0.3) is 21.5 Å². The lowest BCUT2D eigenvalue weighted by atomic mass is 10.1. The van der Waals surface area contributed by atoms with Crippen molar-refractivity contribution in [1.82, 2.24) is 10.6 Å². The summed E-state index contributed by atoms with van der Waals surface area (Å²) in [6.07, 6.45) is 2.12. The monoisotopic (exact) mass is 684 g/mol. The van der Waals surface area contributed by atoms with Gasteiger partial charge in [0.2, 0.25) is 0 Å². The van der Waals surface area contributed by atoms with Crippen LogP contribution in [0.15, 0.2) is 120 Å². The highest BCUT2D eigenvalue weighted by Crippen LogP contribution is 2.34. The maximum absolute atomic E-state index is 9.10. The maximum Gasteiger partial charge on any atom is 0.414 e. The highest BCUT2D eigenvalue weighted by Gasteiger charge is 2.16. The van der Waals surface area contributed by atoms with Crippen LogP contribution in [0.2, 0.25) is 0 Å². The minimum absolute atomic E-state index is 0.100. The fourth-order valence-corrected chi connectivity index (χ4v) is 6.50. The molecule has 4 N–H and O–H groups in total. The van der Waals surface area contributed by atoms with Crippen molar-refractivity contribution in [2.24, 2.45) is 0 Å². The normalized spacial score (nSPS) is 11.8. The van der Waals surface area contributed by atoms with Crippen LogP contribution >= 0.6 is 22.7 Å². The van der Waals surface area contributed by atoms with Gasteiger partial charge in [-0.25, -0.2) is 9.59 Å². The number of hydrogen-bond donors (Lipinski definition) is 4. The number of aliphatic carboxylic acids is 2. The van der Waals surface area contributed by atoms with Crippen molar-refractivity contribution in [3.8, 4) is 11.5 Å². The second-order valence-electron chi connectivity index (χ2n) is 10.6. The Bertz CT molecular complexity index is 1700. The van der Waals surface area contributed by atoms with Gasteiger partial charge in [0.15, 0.2) is 0 Å². The Kier molecular flexibility index (Phi) is 14.4. The van der Waals surface area contributed by atoms with Crippen molar-refractivity contribution < 1.29 is 29.3 Å². The zero-order chi connectivity index (χ0) is 34.1. The molecule has 0 bridgehead atoms. The largest absolute Gasteiger partial charge is 0.484 e. The summed E-state index contributed by atoms with van der Waals surface area (Å²) >= 11 is 3.51. The molecular weight excluding hydrogens is 645 g/mol. The van der Waals surface area contributed by atoms with Gasteiger partial charge in [-0.3, -0.25) is 0 Å². The third kappa shape index (κ3) is 10.6. The van der Waals surface area contributed by atoms with Crippen LogP contribution in [0.3, 0.4) is 0 Å². The molecule has 250 valence electrons. The smallest absolute Gasteiger partial charge is 0.414 e. The van der Waals surface area contributed by atoms with Gasteiger partial charge in [-0.1, -0.05) is 84.9 Å². The molecule has 0 spiro atoms. The van der Waals surface area contributed by atoms with E-state index in [-0.39, 0.29) is 12.2 Å². The van der Waals surface area contributed by atoms with Crippen LogP contribution in [-0.2, 0) is 9.59 Å². The Morgan fingerprint density at radius 2 is 0.979 bits per heavy atom.